The Morgan fingerprint density at radius 2 is 1.71 bits per heavy atom. The lowest BCUT2D eigenvalue weighted by molar-refractivity contribution is 1.42. The van der Waals surface area contributed by atoms with Gasteiger partial charge in [-0.3, -0.25) is 0 Å². The molecule has 0 amide bonds. The zero-order chi connectivity index (χ0) is 12.3. The maximum absolute atomic E-state index is 6.16. The number of alkyl halides is 1. The standard InChI is InChI=1S/C15H12BrCl/c1-11(14-4-2-3-5-15(14)17)13-8-6-12(10-16)7-9-13/h2-9H,1,10H2. The molecule has 0 aliphatic rings. The van der Waals surface area contributed by atoms with E-state index in [0.29, 0.717) is 0 Å². The van der Waals surface area contributed by atoms with Crippen molar-refractivity contribution in [1.82, 2.24) is 0 Å². The van der Waals surface area contributed by atoms with Crippen molar-refractivity contribution in [3.8, 4) is 0 Å². The van der Waals surface area contributed by atoms with Gasteiger partial charge < -0.3 is 0 Å². The summed E-state index contributed by atoms with van der Waals surface area (Å²) in [6.07, 6.45) is 0. The third-order valence-electron chi connectivity index (χ3n) is 2.66. The molecule has 17 heavy (non-hydrogen) atoms. The first-order chi connectivity index (χ1) is 8.22. The van der Waals surface area contributed by atoms with Crippen LogP contribution in [0.4, 0.5) is 0 Å². The number of hydrogen-bond acceptors (Lipinski definition) is 0. The molecule has 0 bridgehead atoms. The SMILES string of the molecule is C=C(c1ccc(CBr)cc1)c1ccccc1Cl. The second kappa shape index (κ2) is 5.52. The molecule has 0 aromatic heterocycles. The minimum atomic E-state index is 0.738. The second-order valence-electron chi connectivity index (χ2n) is 3.79. The summed E-state index contributed by atoms with van der Waals surface area (Å²) in [5.41, 5.74) is 4.29. The molecular formula is C15H12BrCl. The smallest absolute Gasteiger partial charge is 0.0484 e. The van der Waals surface area contributed by atoms with E-state index in [0.717, 1.165) is 27.1 Å². The number of hydrogen-bond donors (Lipinski definition) is 0. The molecule has 0 atom stereocenters. The van der Waals surface area contributed by atoms with Crippen LogP contribution < -0.4 is 0 Å². The monoisotopic (exact) mass is 306 g/mol. The maximum Gasteiger partial charge on any atom is 0.0484 e. The van der Waals surface area contributed by atoms with Crippen LogP contribution in [0.3, 0.4) is 0 Å². The predicted octanol–water partition coefficient (Wildman–Crippen LogP) is 5.30. The highest BCUT2D eigenvalue weighted by Gasteiger charge is 2.05. The molecule has 0 aliphatic carbocycles. The molecular weight excluding hydrogens is 296 g/mol. The Morgan fingerprint density at radius 3 is 2.29 bits per heavy atom. The van der Waals surface area contributed by atoms with E-state index in [9.17, 15) is 0 Å². The normalized spacial score (nSPS) is 10.2. The Labute approximate surface area is 115 Å². The van der Waals surface area contributed by atoms with E-state index in [1.807, 2.05) is 24.3 Å². The van der Waals surface area contributed by atoms with Gasteiger partial charge in [-0.1, -0.05) is 76.6 Å². The zero-order valence-corrected chi connectivity index (χ0v) is 11.6. The van der Waals surface area contributed by atoms with E-state index in [2.05, 4.69) is 46.8 Å². The first kappa shape index (κ1) is 12.4. The van der Waals surface area contributed by atoms with Crippen LogP contribution >= 0.6 is 27.5 Å². The molecule has 2 aromatic carbocycles. The molecule has 2 aromatic rings. The van der Waals surface area contributed by atoms with E-state index in [1.54, 1.807) is 0 Å². The molecule has 0 fully saturated rings. The summed E-state index contributed by atoms with van der Waals surface area (Å²) in [5, 5.41) is 1.60. The first-order valence-electron chi connectivity index (χ1n) is 5.31. The van der Waals surface area contributed by atoms with Crippen LogP contribution in [-0.4, -0.2) is 0 Å². The van der Waals surface area contributed by atoms with E-state index in [4.69, 9.17) is 11.6 Å². The van der Waals surface area contributed by atoms with Crippen LogP contribution in [0.2, 0.25) is 5.02 Å². The zero-order valence-electron chi connectivity index (χ0n) is 9.29. The quantitative estimate of drug-likeness (QED) is 0.675. The Kier molecular flexibility index (Phi) is 4.03. The van der Waals surface area contributed by atoms with Gasteiger partial charge >= 0.3 is 0 Å². The van der Waals surface area contributed by atoms with Crippen LogP contribution in [0.25, 0.3) is 5.57 Å². The van der Waals surface area contributed by atoms with Gasteiger partial charge in [-0.25, -0.2) is 0 Å². The summed E-state index contributed by atoms with van der Waals surface area (Å²) in [7, 11) is 0. The maximum atomic E-state index is 6.16. The molecule has 0 aliphatic heterocycles. The molecule has 0 N–H and O–H groups in total. The molecule has 86 valence electrons. The Morgan fingerprint density at radius 1 is 1.06 bits per heavy atom. The van der Waals surface area contributed by atoms with Crippen molar-refractivity contribution in [3.63, 3.8) is 0 Å². The summed E-state index contributed by atoms with van der Waals surface area (Å²) < 4.78 is 0. The Bertz CT molecular complexity index is 529. The highest BCUT2D eigenvalue weighted by molar-refractivity contribution is 9.08. The number of benzene rings is 2. The van der Waals surface area contributed by atoms with Gasteiger partial charge in [-0.05, 0) is 22.8 Å². The molecule has 0 nitrogen and oxygen atoms in total. The van der Waals surface area contributed by atoms with Crippen molar-refractivity contribution >= 4 is 33.1 Å². The lowest BCUT2D eigenvalue weighted by Gasteiger charge is -2.08. The fraction of sp³-hybridized carbons (Fsp3) is 0.0667. The minimum Gasteiger partial charge on any atom is -0.0905 e. The summed E-state index contributed by atoms with van der Waals surface area (Å²) in [6.45, 7) is 4.12. The van der Waals surface area contributed by atoms with Crippen LogP contribution in [0.1, 0.15) is 16.7 Å². The fourth-order valence-corrected chi connectivity index (χ4v) is 2.28. The molecule has 0 heterocycles. The van der Waals surface area contributed by atoms with Gasteiger partial charge in [0, 0.05) is 15.9 Å². The molecule has 2 heteroatoms. The molecule has 0 radical (unpaired) electrons. The summed E-state index contributed by atoms with van der Waals surface area (Å²) in [4.78, 5) is 0. The largest absolute Gasteiger partial charge is 0.0905 e. The van der Waals surface area contributed by atoms with Crippen molar-refractivity contribution < 1.29 is 0 Å². The van der Waals surface area contributed by atoms with Gasteiger partial charge in [0.05, 0.1) is 0 Å². The van der Waals surface area contributed by atoms with Gasteiger partial charge in [-0.15, -0.1) is 0 Å². The Hall–Kier alpha value is -1.05. The third-order valence-corrected chi connectivity index (χ3v) is 3.63. The lowest BCUT2D eigenvalue weighted by Crippen LogP contribution is -1.88. The topological polar surface area (TPSA) is 0 Å². The van der Waals surface area contributed by atoms with Crippen LogP contribution in [0.15, 0.2) is 55.1 Å². The van der Waals surface area contributed by atoms with Crippen LogP contribution in [-0.2, 0) is 5.33 Å². The number of rotatable bonds is 3. The van der Waals surface area contributed by atoms with Crippen LogP contribution in [0.5, 0.6) is 0 Å². The van der Waals surface area contributed by atoms with Crippen molar-refractivity contribution in [2.75, 3.05) is 0 Å². The summed E-state index contributed by atoms with van der Waals surface area (Å²) in [5.74, 6) is 0. The molecule has 2 rings (SSSR count). The molecule has 0 saturated heterocycles. The van der Waals surface area contributed by atoms with E-state index >= 15 is 0 Å². The van der Waals surface area contributed by atoms with E-state index in [-0.39, 0.29) is 0 Å². The lowest BCUT2D eigenvalue weighted by atomic mass is 9.99. The van der Waals surface area contributed by atoms with E-state index in [1.165, 1.54) is 5.56 Å². The van der Waals surface area contributed by atoms with Crippen LogP contribution in [0, 0.1) is 0 Å². The van der Waals surface area contributed by atoms with Crippen molar-refractivity contribution in [2.45, 2.75) is 5.33 Å². The van der Waals surface area contributed by atoms with Gasteiger partial charge in [0.15, 0.2) is 0 Å². The van der Waals surface area contributed by atoms with Gasteiger partial charge in [0.2, 0.25) is 0 Å². The second-order valence-corrected chi connectivity index (χ2v) is 4.76. The fourth-order valence-electron chi connectivity index (χ4n) is 1.66. The highest BCUT2D eigenvalue weighted by Crippen LogP contribution is 2.27. The Balaban J connectivity index is 2.34. The highest BCUT2D eigenvalue weighted by atomic mass is 79.9. The predicted molar refractivity (Wildman–Crippen MR) is 78.7 cm³/mol. The van der Waals surface area contributed by atoms with Crippen molar-refractivity contribution in [1.29, 1.82) is 0 Å². The molecule has 0 spiro atoms. The first-order valence-corrected chi connectivity index (χ1v) is 6.81. The summed E-state index contributed by atoms with van der Waals surface area (Å²) >= 11 is 9.59. The third kappa shape index (κ3) is 2.80. The molecule has 0 saturated carbocycles. The van der Waals surface area contributed by atoms with Gasteiger partial charge in [0.1, 0.15) is 0 Å². The van der Waals surface area contributed by atoms with E-state index < -0.39 is 0 Å². The summed E-state index contributed by atoms with van der Waals surface area (Å²) in [6, 6.07) is 16.1. The van der Waals surface area contributed by atoms with Gasteiger partial charge in [-0.2, -0.15) is 0 Å². The van der Waals surface area contributed by atoms with Gasteiger partial charge in [0.25, 0.3) is 0 Å². The van der Waals surface area contributed by atoms with Crippen molar-refractivity contribution in [3.05, 3.63) is 76.8 Å². The van der Waals surface area contributed by atoms with Crippen molar-refractivity contribution in [2.24, 2.45) is 0 Å². The average molecular weight is 308 g/mol. The number of halogens is 2. The minimum absolute atomic E-state index is 0.738. The average Bonchev–Trinajstić information content (AvgIpc) is 2.39. The molecule has 0 unspecified atom stereocenters.